The van der Waals surface area contributed by atoms with Crippen molar-refractivity contribution in [1.82, 2.24) is 15.0 Å². The van der Waals surface area contributed by atoms with Crippen LogP contribution in [0.1, 0.15) is 13.8 Å². The van der Waals surface area contributed by atoms with Gasteiger partial charge >= 0.3 is 0 Å². The van der Waals surface area contributed by atoms with Crippen LogP contribution in [0.5, 0.6) is 0 Å². The SMILES string of the molecule is CCN=C(C)n1nnc2ccccc21. The highest BCUT2D eigenvalue weighted by Gasteiger charge is 2.04. The summed E-state index contributed by atoms with van der Waals surface area (Å²) in [7, 11) is 0. The Kier molecular flexibility index (Phi) is 2.26. The predicted molar refractivity (Wildman–Crippen MR) is 56.6 cm³/mol. The summed E-state index contributed by atoms with van der Waals surface area (Å²) in [6.07, 6.45) is 0. The first-order chi connectivity index (χ1) is 6.83. The number of aliphatic imine (C=N–C) groups is 1. The fourth-order valence-electron chi connectivity index (χ4n) is 1.40. The van der Waals surface area contributed by atoms with Gasteiger partial charge in [-0.2, -0.15) is 4.68 Å². The average Bonchev–Trinajstić information content (AvgIpc) is 2.61. The van der Waals surface area contributed by atoms with Crippen LogP contribution in [0.3, 0.4) is 0 Å². The van der Waals surface area contributed by atoms with Gasteiger partial charge in [0.15, 0.2) is 0 Å². The van der Waals surface area contributed by atoms with Crippen molar-refractivity contribution in [3.8, 4) is 0 Å². The zero-order valence-electron chi connectivity index (χ0n) is 8.31. The molecule has 0 bridgehead atoms. The van der Waals surface area contributed by atoms with E-state index in [-0.39, 0.29) is 0 Å². The lowest BCUT2D eigenvalue weighted by atomic mass is 10.3. The summed E-state index contributed by atoms with van der Waals surface area (Å²) in [6.45, 7) is 4.70. The number of nitrogens with zero attached hydrogens (tertiary/aromatic N) is 4. The van der Waals surface area contributed by atoms with Gasteiger partial charge in [-0.3, -0.25) is 4.99 Å². The van der Waals surface area contributed by atoms with E-state index in [0.717, 1.165) is 23.4 Å². The second-order valence-electron chi connectivity index (χ2n) is 3.01. The van der Waals surface area contributed by atoms with Gasteiger partial charge in [0.1, 0.15) is 11.4 Å². The zero-order valence-corrected chi connectivity index (χ0v) is 8.31. The molecule has 0 aliphatic rings. The summed E-state index contributed by atoms with van der Waals surface area (Å²) in [6, 6.07) is 7.86. The number of benzene rings is 1. The molecule has 0 aliphatic carbocycles. The van der Waals surface area contributed by atoms with Crippen LogP contribution in [0.25, 0.3) is 11.0 Å². The van der Waals surface area contributed by atoms with Crippen LogP contribution in [0, 0.1) is 0 Å². The minimum Gasteiger partial charge on any atom is -0.271 e. The van der Waals surface area contributed by atoms with Crippen molar-refractivity contribution >= 4 is 16.9 Å². The van der Waals surface area contributed by atoms with Crippen molar-refractivity contribution < 1.29 is 0 Å². The second kappa shape index (κ2) is 3.57. The van der Waals surface area contributed by atoms with Crippen molar-refractivity contribution in [2.75, 3.05) is 6.54 Å². The van der Waals surface area contributed by atoms with Crippen molar-refractivity contribution in [3.05, 3.63) is 24.3 Å². The smallest absolute Gasteiger partial charge is 0.124 e. The summed E-state index contributed by atoms with van der Waals surface area (Å²) in [5, 5.41) is 8.10. The number of hydrogen-bond acceptors (Lipinski definition) is 3. The Morgan fingerprint density at radius 3 is 3.00 bits per heavy atom. The highest BCUT2D eigenvalue weighted by atomic mass is 15.4. The van der Waals surface area contributed by atoms with E-state index in [1.165, 1.54) is 0 Å². The topological polar surface area (TPSA) is 43.1 Å². The highest BCUT2D eigenvalue weighted by Crippen LogP contribution is 2.09. The number of aromatic nitrogens is 3. The maximum Gasteiger partial charge on any atom is 0.124 e. The summed E-state index contributed by atoms with van der Waals surface area (Å²) < 4.78 is 1.76. The Hall–Kier alpha value is -1.71. The minimum atomic E-state index is 0.764. The monoisotopic (exact) mass is 188 g/mol. The van der Waals surface area contributed by atoms with Crippen LogP contribution < -0.4 is 0 Å². The molecule has 4 nitrogen and oxygen atoms in total. The van der Waals surface area contributed by atoms with E-state index in [4.69, 9.17) is 0 Å². The fraction of sp³-hybridized carbons (Fsp3) is 0.300. The maximum atomic E-state index is 4.29. The van der Waals surface area contributed by atoms with E-state index < -0.39 is 0 Å². The molecule has 2 rings (SSSR count). The van der Waals surface area contributed by atoms with E-state index in [0.29, 0.717) is 0 Å². The summed E-state index contributed by atoms with van der Waals surface area (Å²) in [4.78, 5) is 4.29. The van der Waals surface area contributed by atoms with Crippen molar-refractivity contribution in [1.29, 1.82) is 0 Å². The number of fused-ring (bicyclic) bond motifs is 1. The van der Waals surface area contributed by atoms with Crippen LogP contribution in [-0.2, 0) is 0 Å². The summed E-state index contributed by atoms with van der Waals surface area (Å²) in [5.74, 6) is 0.876. The summed E-state index contributed by atoms with van der Waals surface area (Å²) >= 11 is 0. The van der Waals surface area contributed by atoms with E-state index in [9.17, 15) is 0 Å². The predicted octanol–water partition coefficient (Wildman–Crippen LogP) is 1.72. The van der Waals surface area contributed by atoms with Crippen molar-refractivity contribution in [2.45, 2.75) is 13.8 Å². The molecule has 0 aliphatic heterocycles. The van der Waals surface area contributed by atoms with Gasteiger partial charge in [0.25, 0.3) is 0 Å². The Labute approximate surface area is 82.3 Å². The molecule has 1 aromatic carbocycles. The third kappa shape index (κ3) is 1.39. The van der Waals surface area contributed by atoms with E-state index in [1.807, 2.05) is 38.1 Å². The van der Waals surface area contributed by atoms with Crippen LogP contribution in [0.15, 0.2) is 29.3 Å². The third-order valence-electron chi connectivity index (χ3n) is 2.05. The quantitative estimate of drug-likeness (QED) is 0.505. The number of rotatable bonds is 1. The normalized spacial score (nSPS) is 12.3. The van der Waals surface area contributed by atoms with Gasteiger partial charge < -0.3 is 0 Å². The molecule has 0 N–H and O–H groups in total. The molecule has 0 atom stereocenters. The molecule has 1 aromatic heterocycles. The van der Waals surface area contributed by atoms with Gasteiger partial charge in [0, 0.05) is 6.54 Å². The average molecular weight is 188 g/mol. The molecule has 72 valence electrons. The lowest BCUT2D eigenvalue weighted by molar-refractivity contribution is 0.850. The van der Waals surface area contributed by atoms with Crippen LogP contribution >= 0.6 is 0 Å². The van der Waals surface area contributed by atoms with Crippen LogP contribution in [-0.4, -0.2) is 27.4 Å². The Morgan fingerprint density at radius 1 is 1.43 bits per heavy atom. The van der Waals surface area contributed by atoms with Crippen LogP contribution in [0.4, 0.5) is 0 Å². The molecule has 14 heavy (non-hydrogen) atoms. The molecular weight excluding hydrogens is 176 g/mol. The molecule has 0 spiro atoms. The van der Waals surface area contributed by atoms with Crippen molar-refractivity contribution in [3.63, 3.8) is 0 Å². The van der Waals surface area contributed by atoms with Gasteiger partial charge in [-0.15, -0.1) is 5.10 Å². The van der Waals surface area contributed by atoms with Gasteiger partial charge in [-0.25, -0.2) is 0 Å². The molecular formula is C10H12N4. The maximum absolute atomic E-state index is 4.29. The standard InChI is InChI=1S/C10H12N4/c1-3-11-8(2)14-10-7-5-4-6-9(10)12-13-14/h4-7H,3H2,1-2H3. The molecule has 0 fully saturated rings. The first-order valence-electron chi connectivity index (χ1n) is 4.65. The Bertz CT molecular complexity index is 470. The first kappa shape index (κ1) is 8.87. The fourth-order valence-corrected chi connectivity index (χ4v) is 1.40. The van der Waals surface area contributed by atoms with E-state index >= 15 is 0 Å². The minimum absolute atomic E-state index is 0.764. The molecule has 0 saturated heterocycles. The first-order valence-corrected chi connectivity index (χ1v) is 4.65. The summed E-state index contributed by atoms with van der Waals surface area (Å²) in [5.41, 5.74) is 1.90. The van der Waals surface area contributed by atoms with Crippen molar-refractivity contribution in [2.24, 2.45) is 4.99 Å². The van der Waals surface area contributed by atoms with Crippen LogP contribution in [0.2, 0.25) is 0 Å². The molecule has 0 saturated carbocycles. The van der Waals surface area contributed by atoms with E-state index in [1.54, 1.807) is 4.68 Å². The van der Waals surface area contributed by atoms with Gasteiger partial charge in [-0.05, 0) is 26.0 Å². The van der Waals surface area contributed by atoms with Gasteiger partial charge in [-0.1, -0.05) is 17.3 Å². The lowest BCUT2D eigenvalue weighted by Crippen LogP contribution is -2.09. The zero-order chi connectivity index (χ0) is 9.97. The third-order valence-corrected chi connectivity index (χ3v) is 2.05. The number of hydrogen-bond donors (Lipinski definition) is 0. The lowest BCUT2D eigenvalue weighted by Gasteiger charge is -1.99. The van der Waals surface area contributed by atoms with Gasteiger partial charge in [0.2, 0.25) is 0 Å². The van der Waals surface area contributed by atoms with E-state index in [2.05, 4.69) is 15.3 Å². The molecule has 0 radical (unpaired) electrons. The molecule has 2 aromatic rings. The molecule has 0 unspecified atom stereocenters. The Morgan fingerprint density at radius 2 is 2.21 bits per heavy atom. The largest absolute Gasteiger partial charge is 0.271 e. The Balaban J connectivity index is 2.58. The van der Waals surface area contributed by atoms with Gasteiger partial charge in [0.05, 0.1) is 5.52 Å². The second-order valence-corrected chi connectivity index (χ2v) is 3.01. The molecule has 4 heteroatoms. The number of para-hydroxylation sites is 1. The molecule has 0 amide bonds. The molecule has 1 heterocycles. The highest BCUT2D eigenvalue weighted by molar-refractivity contribution is 5.90.